The molecular weight excluding hydrogens is 468 g/mol. The van der Waals surface area contributed by atoms with Crippen molar-refractivity contribution in [2.24, 2.45) is 0 Å². The topological polar surface area (TPSA) is 71.1 Å². The number of carbonyl (C=O) groups is 2. The van der Waals surface area contributed by atoms with Crippen molar-refractivity contribution in [3.63, 3.8) is 0 Å². The van der Waals surface area contributed by atoms with Gasteiger partial charge in [-0.05, 0) is 72.9 Å². The van der Waals surface area contributed by atoms with E-state index in [9.17, 15) is 9.59 Å². The van der Waals surface area contributed by atoms with Gasteiger partial charge in [0.15, 0.2) is 0 Å². The molecule has 0 fully saturated rings. The average Bonchev–Trinajstić information content (AvgIpc) is 2.89. The highest BCUT2D eigenvalue weighted by Crippen LogP contribution is 2.30. The lowest BCUT2D eigenvalue weighted by Crippen LogP contribution is -1.99. The molecule has 0 aromatic heterocycles. The zero-order chi connectivity index (χ0) is 26.8. The number of hydrogen-bond acceptors (Lipinski definition) is 6. The number of aryl methyl sites for hydroxylation is 1. The first kappa shape index (κ1) is 26.8. The smallest absolute Gasteiger partial charge is 0.338 e. The van der Waals surface area contributed by atoms with Crippen molar-refractivity contribution >= 4 is 11.9 Å². The summed E-state index contributed by atoms with van der Waals surface area (Å²) in [6.45, 7) is 12.2. The Morgan fingerprint density at radius 1 is 0.622 bits per heavy atom. The SMILES string of the molecule is C=C(C)C(=O)OC=COc1ccc(-c2ccc(-c3ccc(OC=COC(=O)C(=C)C)cc3C)cc2)cc1. The summed E-state index contributed by atoms with van der Waals surface area (Å²) in [7, 11) is 0. The van der Waals surface area contributed by atoms with Gasteiger partial charge >= 0.3 is 11.9 Å². The summed E-state index contributed by atoms with van der Waals surface area (Å²) in [6, 6.07) is 21.6. The Balaban J connectivity index is 1.60. The van der Waals surface area contributed by atoms with Gasteiger partial charge in [0, 0.05) is 11.1 Å². The lowest BCUT2D eigenvalue weighted by Gasteiger charge is -2.10. The molecular formula is C31H28O6. The van der Waals surface area contributed by atoms with Crippen LogP contribution in [0.25, 0.3) is 22.3 Å². The standard InChI is InChI=1S/C31H28O6/c1-21(2)30(32)36-18-16-34-27-12-10-25(11-13-27)24-6-8-26(9-7-24)29-15-14-28(20-23(29)5)35-17-19-37-31(33)22(3)4/h6-20H,1,3H2,2,4-5H3. The molecule has 0 N–H and O–H groups in total. The zero-order valence-corrected chi connectivity index (χ0v) is 21.0. The third-order valence-corrected chi connectivity index (χ3v) is 5.15. The van der Waals surface area contributed by atoms with Gasteiger partial charge in [0.25, 0.3) is 0 Å². The molecule has 0 aliphatic heterocycles. The summed E-state index contributed by atoms with van der Waals surface area (Å²) in [4.78, 5) is 22.7. The van der Waals surface area contributed by atoms with Gasteiger partial charge in [0.1, 0.15) is 36.5 Å². The minimum atomic E-state index is -0.505. The lowest BCUT2D eigenvalue weighted by molar-refractivity contribution is -0.134. The molecule has 0 spiro atoms. The lowest BCUT2D eigenvalue weighted by atomic mass is 9.97. The number of benzene rings is 3. The normalized spacial score (nSPS) is 10.8. The monoisotopic (exact) mass is 496 g/mol. The van der Waals surface area contributed by atoms with Crippen molar-refractivity contribution in [3.8, 4) is 33.8 Å². The van der Waals surface area contributed by atoms with Crippen LogP contribution in [-0.4, -0.2) is 11.9 Å². The van der Waals surface area contributed by atoms with Crippen molar-refractivity contribution in [1.82, 2.24) is 0 Å². The first-order valence-corrected chi connectivity index (χ1v) is 11.4. The van der Waals surface area contributed by atoms with E-state index in [2.05, 4.69) is 37.4 Å². The van der Waals surface area contributed by atoms with E-state index in [1.54, 1.807) is 13.8 Å². The van der Waals surface area contributed by atoms with E-state index in [0.717, 1.165) is 27.8 Å². The molecule has 0 heterocycles. The molecule has 0 unspecified atom stereocenters. The van der Waals surface area contributed by atoms with E-state index >= 15 is 0 Å². The van der Waals surface area contributed by atoms with Crippen LogP contribution in [0.1, 0.15) is 19.4 Å². The molecule has 0 saturated heterocycles. The summed E-state index contributed by atoms with van der Waals surface area (Å²) in [5, 5.41) is 0. The van der Waals surface area contributed by atoms with Crippen LogP contribution in [-0.2, 0) is 19.1 Å². The minimum Gasteiger partial charge on any atom is -0.462 e. The van der Waals surface area contributed by atoms with Crippen LogP contribution in [0.2, 0.25) is 0 Å². The van der Waals surface area contributed by atoms with E-state index in [1.165, 1.54) is 25.0 Å². The highest BCUT2D eigenvalue weighted by Gasteiger charge is 2.06. The number of esters is 2. The number of ether oxygens (including phenoxy) is 4. The van der Waals surface area contributed by atoms with Gasteiger partial charge in [-0.15, -0.1) is 0 Å². The van der Waals surface area contributed by atoms with Crippen LogP contribution in [0.4, 0.5) is 0 Å². The quantitative estimate of drug-likeness (QED) is 0.167. The third-order valence-electron chi connectivity index (χ3n) is 5.15. The van der Waals surface area contributed by atoms with Crippen molar-refractivity contribution in [2.75, 3.05) is 0 Å². The van der Waals surface area contributed by atoms with Gasteiger partial charge in [0.2, 0.25) is 0 Å². The summed E-state index contributed by atoms with van der Waals surface area (Å²) < 4.78 is 20.7. The van der Waals surface area contributed by atoms with Gasteiger partial charge in [-0.3, -0.25) is 0 Å². The van der Waals surface area contributed by atoms with Crippen molar-refractivity contribution in [3.05, 3.63) is 122 Å². The summed E-state index contributed by atoms with van der Waals surface area (Å²) in [5.74, 6) is 0.237. The van der Waals surface area contributed by atoms with Crippen LogP contribution in [0.5, 0.6) is 11.5 Å². The summed E-state index contributed by atoms with van der Waals surface area (Å²) in [6.07, 6.45) is 4.99. The first-order chi connectivity index (χ1) is 17.7. The number of carbonyl (C=O) groups excluding carboxylic acids is 2. The maximum absolute atomic E-state index is 11.4. The predicted octanol–water partition coefficient (Wildman–Crippen LogP) is 7.27. The molecule has 0 aliphatic carbocycles. The minimum absolute atomic E-state index is 0.314. The van der Waals surface area contributed by atoms with Gasteiger partial charge in [-0.2, -0.15) is 0 Å². The Labute approximate surface area is 216 Å². The molecule has 0 amide bonds. The largest absolute Gasteiger partial charge is 0.462 e. The number of hydrogen-bond donors (Lipinski definition) is 0. The molecule has 0 aliphatic rings. The second kappa shape index (κ2) is 12.7. The van der Waals surface area contributed by atoms with Crippen LogP contribution >= 0.6 is 0 Å². The second-order valence-electron chi connectivity index (χ2n) is 8.23. The molecule has 3 aromatic carbocycles. The van der Waals surface area contributed by atoms with E-state index in [0.29, 0.717) is 22.6 Å². The van der Waals surface area contributed by atoms with Crippen LogP contribution in [0, 0.1) is 6.92 Å². The van der Waals surface area contributed by atoms with Crippen LogP contribution < -0.4 is 9.47 Å². The molecule has 0 saturated carbocycles. The van der Waals surface area contributed by atoms with Crippen LogP contribution in [0.3, 0.4) is 0 Å². The van der Waals surface area contributed by atoms with Gasteiger partial charge in [-0.25, -0.2) is 9.59 Å². The average molecular weight is 497 g/mol. The molecule has 188 valence electrons. The molecule has 0 radical (unpaired) electrons. The summed E-state index contributed by atoms with van der Waals surface area (Å²) >= 11 is 0. The van der Waals surface area contributed by atoms with Crippen molar-refractivity contribution in [1.29, 1.82) is 0 Å². The van der Waals surface area contributed by atoms with Gasteiger partial charge in [0.05, 0.1) is 0 Å². The Hall–Kier alpha value is -4.84. The highest BCUT2D eigenvalue weighted by molar-refractivity contribution is 5.87. The maximum Gasteiger partial charge on any atom is 0.338 e. The zero-order valence-electron chi connectivity index (χ0n) is 21.0. The Morgan fingerprint density at radius 3 is 1.54 bits per heavy atom. The third kappa shape index (κ3) is 7.83. The fraction of sp³-hybridized carbons (Fsp3) is 0.0968. The molecule has 3 aromatic rings. The fourth-order valence-corrected chi connectivity index (χ4v) is 3.19. The predicted molar refractivity (Wildman–Crippen MR) is 143 cm³/mol. The Kier molecular flexibility index (Phi) is 9.22. The molecule has 6 heteroatoms. The summed E-state index contributed by atoms with van der Waals surface area (Å²) in [5.41, 5.74) is 5.93. The van der Waals surface area contributed by atoms with Gasteiger partial charge < -0.3 is 18.9 Å². The Bertz CT molecular complexity index is 1350. The van der Waals surface area contributed by atoms with Crippen molar-refractivity contribution < 1.29 is 28.5 Å². The van der Waals surface area contributed by atoms with E-state index in [4.69, 9.17) is 18.9 Å². The Morgan fingerprint density at radius 2 is 1.05 bits per heavy atom. The maximum atomic E-state index is 11.4. The van der Waals surface area contributed by atoms with E-state index in [-0.39, 0.29) is 0 Å². The second-order valence-corrected chi connectivity index (χ2v) is 8.23. The number of rotatable bonds is 10. The molecule has 3 rings (SSSR count). The van der Waals surface area contributed by atoms with E-state index in [1.807, 2.05) is 49.4 Å². The highest BCUT2D eigenvalue weighted by atomic mass is 16.5. The molecule has 37 heavy (non-hydrogen) atoms. The fourth-order valence-electron chi connectivity index (χ4n) is 3.19. The molecule has 6 nitrogen and oxygen atoms in total. The van der Waals surface area contributed by atoms with Gasteiger partial charge in [-0.1, -0.05) is 55.6 Å². The molecule has 0 bridgehead atoms. The van der Waals surface area contributed by atoms with Crippen LogP contribution in [0.15, 0.2) is 116 Å². The van der Waals surface area contributed by atoms with E-state index < -0.39 is 11.9 Å². The first-order valence-electron chi connectivity index (χ1n) is 11.4. The molecule has 0 atom stereocenters. The van der Waals surface area contributed by atoms with Crippen molar-refractivity contribution in [2.45, 2.75) is 20.8 Å².